The zero-order valence-electron chi connectivity index (χ0n) is 10.7. The SMILES string of the molecule is [2H]c1c([2H])c(Br)c([2H])c(O[13C]([2H])([2H])[2H])c1O. The van der Waals surface area contributed by atoms with Crippen LogP contribution in [0.25, 0.3) is 0 Å². The fourth-order valence-electron chi connectivity index (χ4n) is 0.435. The van der Waals surface area contributed by atoms with Gasteiger partial charge in [-0.1, -0.05) is 15.9 Å². The number of hydrogen-bond acceptors (Lipinski definition) is 2. The van der Waals surface area contributed by atoms with E-state index >= 15 is 0 Å². The lowest BCUT2D eigenvalue weighted by Crippen LogP contribution is -1.82. The third-order valence-electron chi connectivity index (χ3n) is 0.831. The minimum absolute atomic E-state index is 0.102. The van der Waals surface area contributed by atoms with Crippen molar-refractivity contribution in [3.8, 4) is 11.5 Å². The predicted molar refractivity (Wildman–Crippen MR) is 42.4 cm³/mol. The molecule has 0 saturated heterocycles. The highest BCUT2D eigenvalue weighted by Gasteiger charge is 1.98. The zero-order valence-corrected chi connectivity index (χ0v) is 6.32. The molecule has 3 heteroatoms. The minimum Gasteiger partial charge on any atom is -0.504 e. The van der Waals surface area contributed by atoms with Gasteiger partial charge in [0, 0.05) is 4.47 Å². The fourth-order valence-corrected chi connectivity index (χ4v) is 0.714. The zero-order chi connectivity index (χ0) is 12.7. The molecule has 1 N–H and O–H groups in total. The minimum atomic E-state index is -2.83. The molecule has 0 saturated carbocycles. The number of phenols is 1. The molecule has 0 spiro atoms. The van der Waals surface area contributed by atoms with Crippen LogP contribution in [0.1, 0.15) is 8.22 Å². The van der Waals surface area contributed by atoms with Crippen LogP contribution in [0.4, 0.5) is 0 Å². The number of hydrogen-bond donors (Lipinski definition) is 1. The van der Waals surface area contributed by atoms with E-state index in [1.165, 1.54) is 0 Å². The summed E-state index contributed by atoms with van der Waals surface area (Å²) in [6, 6.07) is -1.47. The Labute approximate surface area is 76.0 Å². The Balaban J connectivity index is 3.40. The number of benzene rings is 1. The Morgan fingerprint density at radius 2 is 2.60 bits per heavy atom. The topological polar surface area (TPSA) is 29.5 Å². The van der Waals surface area contributed by atoms with Gasteiger partial charge in [0.15, 0.2) is 11.5 Å². The molecular formula is C7H7BrO2. The highest BCUT2D eigenvalue weighted by atomic mass is 79.9. The summed E-state index contributed by atoms with van der Waals surface area (Å²) >= 11 is 2.85. The quantitative estimate of drug-likeness (QED) is 0.719. The molecule has 0 aromatic heterocycles. The van der Waals surface area contributed by atoms with Gasteiger partial charge in [-0.2, -0.15) is 0 Å². The summed E-state index contributed by atoms with van der Waals surface area (Å²) in [5.41, 5.74) is 0. The van der Waals surface area contributed by atoms with Crippen LogP contribution in [0.3, 0.4) is 0 Å². The van der Waals surface area contributed by atoms with Crippen LogP contribution in [0, 0.1) is 0 Å². The van der Waals surface area contributed by atoms with Crippen LogP contribution in [0.5, 0.6) is 11.5 Å². The molecule has 0 fully saturated rings. The summed E-state index contributed by atoms with van der Waals surface area (Å²) in [4.78, 5) is 0. The van der Waals surface area contributed by atoms with Crippen LogP contribution in [-0.2, 0) is 0 Å². The molecule has 1 rings (SSSR count). The Morgan fingerprint density at radius 1 is 1.80 bits per heavy atom. The van der Waals surface area contributed by atoms with E-state index in [0.29, 0.717) is 0 Å². The number of methoxy groups -OCH3 is 1. The lowest BCUT2D eigenvalue weighted by molar-refractivity contribution is 0.373. The molecule has 0 heterocycles. The van der Waals surface area contributed by atoms with Gasteiger partial charge in [0.05, 0.1) is 15.3 Å². The fraction of sp³-hybridized carbons (Fsp3) is 0.143. The Hall–Kier alpha value is -0.700. The van der Waals surface area contributed by atoms with Crippen LogP contribution in [0.2, 0.25) is 0 Å². The van der Waals surface area contributed by atoms with E-state index in [9.17, 15) is 5.11 Å². The molecule has 0 unspecified atom stereocenters. The number of ether oxygens (including phenoxy) is 1. The van der Waals surface area contributed by atoms with Gasteiger partial charge >= 0.3 is 0 Å². The molecule has 0 amide bonds. The predicted octanol–water partition coefficient (Wildman–Crippen LogP) is 2.16. The largest absolute Gasteiger partial charge is 0.504 e. The Bertz CT molecular complexity index is 401. The molecule has 0 aliphatic carbocycles. The van der Waals surface area contributed by atoms with E-state index in [1.54, 1.807) is 0 Å². The van der Waals surface area contributed by atoms with Gasteiger partial charge in [-0.25, -0.2) is 0 Å². The van der Waals surface area contributed by atoms with E-state index in [-0.39, 0.29) is 4.47 Å². The molecule has 0 aliphatic heterocycles. The van der Waals surface area contributed by atoms with Crippen molar-refractivity contribution < 1.29 is 18.1 Å². The average molecular weight is 210 g/mol. The Morgan fingerprint density at radius 3 is 3.30 bits per heavy atom. The lowest BCUT2D eigenvalue weighted by atomic mass is 10.3. The number of aromatic hydroxyl groups is 1. The van der Waals surface area contributed by atoms with Gasteiger partial charge in [0.1, 0.15) is 0 Å². The van der Waals surface area contributed by atoms with Gasteiger partial charge in [0.2, 0.25) is 0 Å². The van der Waals surface area contributed by atoms with Crippen LogP contribution >= 0.6 is 15.9 Å². The van der Waals surface area contributed by atoms with Crippen molar-refractivity contribution in [2.24, 2.45) is 0 Å². The van der Waals surface area contributed by atoms with Crippen molar-refractivity contribution >= 4 is 15.9 Å². The van der Waals surface area contributed by atoms with Crippen molar-refractivity contribution in [1.82, 2.24) is 0 Å². The second-order valence-electron chi connectivity index (χ2n) is 1.47. The third-order valence-corrected chi connectivity index (χ3v) is 1.23. The van der Waals surface area contributed by atoms with Crippen LogP contribution in [0.15, 0.2) is 22.6 Å². The van der Waals surface area contributed by atoms with Gasteiger partial charge in [0.25, 0.3) is 0 Å². The molecule has 0 radical (unpaired) electrons. The number of phenolic OH excluding ortho intramolecular Hbond substituents is 1. The molecular weight excluding hydrogens is 197 g/mol. The third kappa shape index (κ3) is 1.42. The first-order valence-electron chi connectivity index (χ1n) is 5.32. The maximum Gasteiger partial charge on any atom is 0.161 e. The summed E-state index contributed by atoms with van der Waals surface area (Å²) in [7, 11) is -2.83. The average Bonchev–Trinajstić information content (AvgIpc) is 2.17. The van der Waals surface area contributed by atoms with Crippen LogP contribution in [-0.4, -0.2) is 12.1 Å². The van der Waals surface area contributed by atoms with E-state index < -0.39 is 36.7 Å². The van der Waals surface area contributed by atoms with Crippen LogP contribution < -0.4 is 4.74 Å². The smallest absolute Gasteiger partial charge is 0.161 e. The summed E-state index contributed by atoms with van der Waals surface area (Å²) in [6.07, 6.45) is 0. The first kappa shape index (κ1) is 2.74. The van der Waals surface area contributed by atoms with Gasteiger partial charge in [-0.05, 0) is 18.1 Å². The van der Waals surface area contributed by atoms with E-state index in [4.69, 9.17) is 8.22 Å². The monoisotopic (exact) mass is 209 g/mol. The van der Waals surface area contributed by atoms with Crippen molar-refractivity contribution in [1.29, 1.82) is 0 Å². The molecule has 0 aliphatic rings. The normalized spacial score (nSPS) is 19.3. The van der Waals surface area contributed by atoms with Crippen molar-refractivity contribution in [3.05, 3.63) is 22.6 Å². The first-order valence-corrected chi connectivity index (χ1v) is 3.11. The van der Waals surface area contributed by atoms with Gasteiger partial charge in [-0.15, -0.1) is 0 Å². The summed E-state index contributed by atoms with van der Waals surface area (Å²) in [6.45, 7) is 0. The van der Waals surface area contributed by atoms with E-state index in [1.807, 2.05) is 0 Å². The molecule has 10 heavy (non-hydrogen) atoms. The molecule has 0 atom stereocenters. The molecule has 54 valence electrons. The number of halogens is 1. The highest BCUT2D eigenvalue weighted by Crippen LogP contribution is 2.28. The standard InChI is InChI=1S/C7H7BrO2/c1-10-7-4-5(8)2-3-6(7)9/h2-4,9H,1H3/i1+1D3,2D,3D,4D. The summed E-state index contributed by atoms with van der Waals surface area (Å²) in [5, 5.41) is 9.42. The van der Waals surface area contributed by atoms with E-state index in [0.717, 1.165) is 0 Å². The molecule has 0 bridgehead atoms. The lowest BCUT2D eigenvalue weighted by Gasteiger charge is -2.01. The summed E-state index contributed by atoms with van der Waals surface area (Å²) < 4.78 is 47.0. The van der Waals surface area contributed by atoms with Crippen molar-refractivity contribution in [2.45, 2.75) is 0 Å². The highest BCUT2D eigenvalue weighted by molar-refractivity contribution is 9.10. The maximum atomic E-state index is 9.42. The van der Waals surface area contributed by atoms with Gasteiger partial charge in [-0.3, -0.25) is 0 Å². The molecule has 1 aromatic carbocycles. The molecule has 2 nitrogen and oxygen atoms in total. The van der Waals surface area contributed by atoms with E-state index in [2.05, 4.69) is 20.7 Å². The van der Waals surface area contributed by atoms with Gasteiger partial charge < -0.3 is 9.84 Å². The summed E-state index contributed by atoms with van der Waals surface area (Å²) in [5.74, 6) is -1.46. The van der Waals surface area contributed by atoms with Crippen molar-refractivity contribution in [3.63, 3.8) is 0 Å². The first-order chi connectivity index (χ1) is 7.15. The second-order valence-corrected chi connectivity index (χ2v) is 2.26. The number of rotatable bonds is 1. The molecule has 1 aromatic rings. The Kier molecular flexibility index (Phi) is 0.800. The van der Waals surface area contributed by atoms with Crippen molar-refractivity contribution in [2.75, 3.05) is 7.04 Å². The second kappa shape index (κ2) is 2.92. The maximum absolute atomic E-state index is 9.42.